The average Bonchev–Trinajstić information content (AvgIpc) is 3.03. The van der Waals surface area contributed by atoms with E-state index in [-0.39, 0.29) is 24.6 Å². The second-order valence-corrected chi connectivity index (χ2v) is 6.88. The van der Waals surface area contributed by atoms with Gasteiger partial charge in [0.25, 0.3) is 0 Å². The number of benzene rings is 2. The van der Waals surface area contributed by atoms with Crippen molar-refractivity contribution in [2.45, 2.75) is 25.4 Å². The number of aryl methyl sites for hydroxylation is 1. The molecule has 144 valence electrons. The number of ether oxygens (including phenoxy) is 1. The quantitative estimate of drug-likeness (QED) is 0.720. The van der Waals surface area contributed by atoms with Crippen LogP contribution in [-0.4, -0.2) is 18.5 Å². The van der Waals surface area contributed by atoms with Crippen LogP contribution in [0.3, 0.4) is 0 Å². The molecule has 0 radical (unpaired) electrons. The van der Waals surface area contributed by atoms with Gasteiger partial charge < -0.3 is 4.74 Å². The molecule has 1 amide bonds. The molecular formula is C21H16F3NO3. The fourth-order valence-corrected chi connectivity index (χ4v) is 3.64. The Morgan fingerprint density at radius 1 is 1.00 bits per heavy atom. The van der Waals surface area contributed by atoms with E-state index in [0.29, 0.717) is 11.3 Å². The van der Waals surface area contributed by atoms with Gasteiger partial charge in [0.05, 0.1) is 16.8 Å². The molecule has 2 aliphatic heterocycles. The second-order valence-electron chi connectivity index (χ2n) is 6.88. The first kappa shape index (κ1) is 18.3. The lowest BCUT2D eigenvalue weighted by atomic mass is 9.84. The van der Waals surface area contributed by atoms with Crippen molar-refractivity contribution >= 4 is 17.6 Å². The summed E-state index contributed by atoms with van der Waals surface area (Å²) in [6.07, 6.45) is -4.42. The minimum atomic E-state index is -4.46. The van der Waals surface area contributed by atoms with Crippen LogP contribution in [-0.2, 0) is 20.5 Å². The summed E-state index contributed by atoms with van der Waals surface area (Å²) in [7, 11) is 0. The zero-order chi connectivity index (χ0) is 20.1. The number of hydrogen-bond acceptors (Lipinski definition) is 3. The number of carbonyl (C=O) groups is 2. The fourth-order valence-electron chi connectivity index (χ4n) is 3.64. The Kier molecular flexibility index (Phi) is 4.25. The molecule has 0 fully saturated rings. The molecule has 0 spiro atoms. The highest BCUT2D eigenvalue weighted by molar-refractivity contribution is 6.06. The van der Waals surface area contributed by atoms with Gasteiger partial charge in [0.2, 0.25) is 5.91 Å². The molecule has 0 bridgehead atoms. The van der Waals surface area contributed by atoms with Gasteiger partial charge >= 0.3 is 12.1 Å². The largest absolute Gasteiger partial charge is 0.456 e. The lowest BCUT2D eigenvalue weighted by Crippen LogP contribution is -2.37. The second kappa shape index (κ2) is 6.51. The van der Waals surface area contributed by atoms with E-state index in [1.807, 2.05) is 31.2 Å². The zero-order valence-electron chi connectivity index (χ0n) is 14.9. The molecule has 2 aliphatic rings. The molecule has 2 aromatic carbocycles. The number of carbonyl (C=O) groups excluding carboxylic acids is 2. The molecule has 7 heteroatoms. The Hall–Kier alpha value is -3.09. The Labute approximate surface area is 159 Å². The average molecular weight is 387 g/mol. The van der Waals surface area contributed by atoms with Crippen molar-refractivity contribution < 1.29 is 27.5 Å². The zero-order valence-corrected chi connectivity index (χ0v) is 14.9. The summed E-state index contributed by atoms with van der Waals surface area (Å²) in [5.41, 5.74) is 2.16. The van der Waals surface area contributed by atoms with Crippen LogP contribution in [0.4, 0.5) is 18.9 Å². The van der Waals surface area contributed by atoms with E-state index in [2.05, 4.69) is 0 Å². The predicted molar refractivity (Wildman–Crippen MR) is 95.5 cm³/mol. The summed E-state index contributed by atoms with van der Waals surface area (Å²) in [6, 6.07) is 11.9. The first-order valence-corrected chi connectivity index (χ1v) is 8.72. The topological polar surface area (TPSA) is 46.6 Å². The summed E-state index contributed by atoms with van der Waals surface area (Å²) in [5, 5.41) is 0. The number of alkyl halides is 3. The minimum Gasteiger partial charge on any atom is -0.456 e. The summed E-state index contributed by atoms with van der Waals surface area (Å²) < 4.78 is 43.6. The van der Waals surface area contributed by atoms with E-state index in [9.17, 15) is 22.8 Å². The van der Waals surface area contributed by atoms with Crippen molar-refractivity contribution in [1.82, 2.24) is 0 Å². The highest BCUT2D eigenvalue weighted by Gasteiger charge is 2.43. The first-order chi connectivity index (χ1) is 13.3. The van der Waals surface area contributed by atoms with Crippen LogP contribution < -0.4 is 4.90 Å². The Balaban J connectivity index is 1.76. The van der Waals surface area contributed by atoms with Crippen molar-refractivity contribution in [1.29, 1.82) is 0 Å². The van der Waals surface area contributed by atoms with Gasteiger partial charge in [-0.25, -0.2) is 4.79 Å². The molecule has 0 saturated heterocycles. The van der Waals surface area contributed by atoms with Crippen LogP contribution in [0.1, 0.15) is 29.0 Å². The molecule has 1 atom stereocenters. The van der Waals surface area contributed by atoms with Gasteiger partial charge in [-0.2, -0.15) is 13.2 Å². The molecule has 4 rings (SSSR count). The third-order valence-electron chi connectivity index (χ3n) is 5.05. The van der Waals surface area contributed by atoms with E-state index in [4.69, 9.17) is 4.74 Å². The minimum absolute atomic E-state index is 0.0397. The fraction of sp³-hybridized carbons (Fsp3) is 0.238. The lowest BCUT2D eigenvalue weighted by molar-refractivity contribution is -0.138. The van der Waals surface area contributed by atoms with E-state index in [0.717, 1.165) is 23.3 Å². The van der Waals surface area contributed by atoms with Crippen molar-refractivity contribution in [3.8, 4) is 0 Å². The van der Waals surface area contributed by atoms with Gasteiger partial charge in [-0.1, -0.05) is 29.8 Å². The Morgan fingerprint density at radius 3 is 2.25 bits per heavy atom. The van der Waals surface area contributed by atoms with Gasteiger partial charge in [0, 0.05) is 18.0 Å². The van der Waals surface area contributed by atoms with Crippen molar-refractivity contribution in [3.05, 3.63) is 76.5 Å². The smallest absolute Gasteiger partial charge is 0.416 e. The number of anilines is 1. The predicted octanol–water partition coefficient (Wildman–Crippen LogP) is 4.35. The molecule has 28 heavy (non-hydrogen) atoms. The van der Waals surface area contributed by atoms with Gasteiger partial charge in [-0.05, 0) is 36.8 Å². The van der Waals surface area contributed by atoms with Crippen LogP contribution in [0.5, 0.6) is 0 Å². The van der Waals surface area contributed by atoms with Crippen molar-refractivity contribution in [3.63, 3.8) is 0 Å². The SMILES string of the molecule is Cc1ccc(C2CC(=O)N(c3ccc(C(F)(F)F)cc3)C3=C2C(=O)OC3)cc1. The lowest BCUT2D eigenvalue weighted by Gasteiger charge is -2.32. The van der Waals surface area contributed by atoms with E-state index >= 15 is 0 Å². The third kappa shape index (κ3) is 3.06. The van der Waals surface area contributed by atoms with E-state index in [1.165, 1.54) is 17.0 Å². The molecule has 4 nitrogen and oxygen atoms in total. The van der Waals surface area contributed by atoms with Gasteiger partial charge in [0.15, 0.2) is 0 Å². The first-order valence-electron chi connectivity index (χ1n) is 8.72. The number of hydrogen-bond donors (Lipinski definition) is 0. The van der Waals surface area contributed by atoms with E-state index < -0.39 is 23.6 Å². The molecule has 1 unspecified atom stereocenters. The van der Waals surface area contributed by atoms with Crippen molar-refractivity contribution in [2.24, 2.45) is 0 Å². The Morgan fingerprint density at radius 2 is 1.64 bits per heavy atom. The molecule has 2 aromatic rings. The third-order valence-corrected chi connectivity index (χ3v) is 5.05. The number of cyclic esters (lactones) is 1. The number of nitrogens with zero attached hydrogens (tertiary/aromatic N) is 1. The molecule has 0 N–H and O–H groups in total. The standard InChI is InChI=1S/C21H16F3NO3/c1-12-2-4-13(5-3-12)16-10-18(26)25(17-11-28-20(27)19(16)17)15-8-6-14(7-9-15)21(22,23)24/h2-9,16H,10-11H2,1H3. The summed E-state index contributed by atoms with van der Waals surface area (Å²) >= 11 is 0. The summed E-state index contributed by atoms with van der Waals surface area (Å²) in [6.45, 7) is 1.86. The Bertz CT molecular complexity index is 975. The number of rotatable bonds is 2. The summed E-state index contributed by atoms with van der Waals surface area (Å²) in [4.78, 5) is 26.5. The number of amides is 1. The highest BCUT2D eigenvalue weighted by atomic mass is 19.4. The van der Waals surface area contributed by atoms with Gasteiger partial charge in [0.1, 0.15) is 6.61 Å². The molecule has 0 aromatic heterocycles. The number of halogens is 3. The maximum absolute atomic E-state index is 12.9. The van der Waals surface area contributed by atoms with Gasteiger partial charge in [-0.15, -0.1) is 0 Å². The maximum atomic E-state index is 12.9. The van der Waals surface area contributed by atoms with Gasteiger partial charge in [-0.3, -0.25) is 9.69 Å². The summed E-state index contributed by atoms with van der Waals surface area (Å²) in [5.74, 6) is -1.21. The molecule has 0 aliphatic carbocycles. The molecular weight excluding hydrogens is 371 g/mol. The van der Waals surface area contributed by atoms with Crippen LogP contribution >= 0.6 is 0 Å². The molecule has 2 heterocycles. The maximum Gasteiger partial charge on any atom is 0.416 e. The van der Waals surface area contributed by atoms with Crippen molar-refractivity contribution in [2.75, 3.05) is 11.5 Å². The van der Waals surface area contributed by atoms with Crippen LogP contribution in [0.2, 0.25) is 0 Å². The monoisotopic (exact) mass is 387 g/mol. The molecule has 0 saturated carbocycles. The van der Waals surface area contributed by atoms with E-state index in [1.54, 1.807) is 0 Å². The van der Waals surface area contributed by atoms with Crippen LogP contribution in [0.15, 0.2) is 59.8 Å². The number of esters is 1. The normalized spacial score (nSPS) is 19.7. The highest BCUT2D eigenvalue weighted by Crippen LogP contribution is 2.42. The van der Waals surface area contributed by atoms with Crippen LogP contribution in [0.25, 0.3) is 0 Å². The van der Waals surface area contributed by atoms with Crippen LogP contribution in [0, 0.1) is 6.92 Å².